The Morgan fingerprint density at radius 1 is 1.17 bits per heavy atom. The maximum atomic E-state index is 14.1. The molecule has 2 bridgehead atoms. The van der Waals surface area contributed by atoms with Crippen molar-refractivity contribution in [2.75, 3.05) is 49.6 Å². The molecule has 1 N–H and O–H groups in total. The number of rotatable bonds is 5. The van der Waals surface area contributed by atoms with Crippen LogP contribution in [0.15, 0.2) is 35.4 Å². The summed E-state index contributed by atoms with van der Waals surface area (Å²) < 4.78 is 91.5. The second kappa shape index (κ2) is 9.64. The van der Waals surface area contributed by atoms with E-state index in [4.69, 9.17) is 4.11 Å². The van der Waals surface area contributed by atoms with Crippen LogP contribution in [-0.4, -0.2) is 85.6 Å². The third kappa shape index (κ3) is 4.73. The van der Waals surface area contributed by atoms with Crippen molar-refractivity contribution in [1.29, 1.82) is 0 Å². The molecule has 42 heavy (non-hydrogen) atoms. The molecule has 1 aliphatic carbocycles. The van der Waals surface area contributed by atoms with Crippen LogP contribution in [0.25, 0.3) is 10.6 Å². The Labute approximate surface area is 249 Å². The first kappa shape index (κ1) is 24.2. The molecule has 1 amide bonds. The van der Waals surface area contributed by atoms with E-state index in [0.29, 0.717) is 36.3 Å². The highest BCUT2D eigenvalue weighted by Gasteiger charge is 2.42. The van der Waals surface area contributed by atoms with E-state index in [1.165, 1.54) is 11.9 Å². The summed E-state index contributed by atoms with van der Waals surface area (Å²) in [7, 11) is -2.45. The molecule has 0 spiro atoms. The van der Waals surface area contributed by atoms with Gasteiger partial charge in [-0.1, -0.05) is 0 Å². The monoisotopic (exact) mass is 621 g/mol. The van der Waals surface area contributed by atoms with Crippen LogP contribution in [0.2, 0.25) is 0 Å². The quantitative estimate of drug-likeness (QED) is 0.442. The summed E-state index contributed by atoms with van der Waals surface area (Å²) in [5, 5.41) is 3.09. The van der Waals surface area contributed by atoms with Crippen LogP contribution in [0, 0.1) is 0 Å². The Hall–Kier alpha value is -3.23. The molecule has 3 fully saturated rings. The lowest BCUT2D eigenvalue weighted by atomic mass is 10.1. The van der Waals surface area contributed by atoms with E-state index in [-0.39, 0.29) is 50.9 Å². The second-order valence-electron chi connectivity index (χ2n) is 11.3. The lowest BCUT2D eigenvalue weighted by molar-refractivity contribution is -0.137. The van der Waals surface area contributed by atoms with Crippen molar-refractivity contribution < 1.29 is 30.5 Å². The van der Waals surface area contributed by atoms with Gasteiger partial charge in [0.2, 0.25) is 5.95 Å². The number of hydrogen-bond acceptors (Lipinski definition) is 9. The summed E-state index contributed by atoms with van der Waals surface area (Å²) >= 11 is 0.670. The Morgan fingerprint density at radius 2 is 1.98 bits per heavy atom. The number of benzene rings is 1. The van der Waals surface area contributed by atoms with Crippen LogP contribution < -0.4 is 10.2 Å². The van der Waals surface area contributed by atoms with E-state index >= 15 is 0 Å². The van der Waals surface area contributed by atoms with Crippen molar-refractivity contribution in [3.63, 3.8) is 0 Å². The van der Waals surface area contributed by atoms with Crippen molar-refractivity contribution in [2.45, 2.75) is 48.3 Å². The number of amides is 1. The number of nitrogens with zero attached hydrogens (tertiary/aromatic N) is 5. The summed E-state index contributed by atoms with van der Waals surface area (Å²) in [6.07, 6.45) is -1.49. The van der Waals surface area contributed by atoms with E-state index < -0.39 is 40.2 Å². The van der Waals surface area contributed by atoms with Gasteiger partial charge in [-0.05, 0) is 62.0 Å². The topological polar surface area (TPSA) is 98.7 Å². The fraction of sp³-hybridized carbons (Fsp3) is 0.464. The smallest absolute Gasteiger partial charge is 0.366 e. The fourth-order valence-corrected chi connectivity index (χ4v) is 9.06. The van der Waals surface area contributed by atoms with E-state index in [1.54, 1.807) is 4.90 Å². The number of nitrogens with one attached hydrogen (secondary N) is 1. The molecule has 14 heteroatoms. The van der Waals surface area contributed by atoms with Gasteiger partial charge in [-0.25, -0.2) is 18.4 Å². The Balaban J connectivity index is 1.22. The lowest BCUT2D eigenvalue weighted by Gasteiger charge is -2.34. The van der Waals surface area contributed by atoms with E-state index in [0.717, 1.165) is 36.6 Å². The number of aromatic nitrogens is 2. The van der Waals surface area contributed by atoms with Gasteiger partial charge < -0.3 is 15.1 Å². The van der Waals surface area contributed by atoms with Gasteiger partial charge >= 0.3 is 6.18 Å². The molecular formula is C28H29F3N6O3S2. The van der Waals surface area contributed by atoms with E-state index in [9.17, 15) is 26.4 Å². The van der Waals surface area contributed by atoms with Gasteiger partial charge in [-0.15, -0.1) is 11.3 Å². The van der Waals surface area contributed by atoms with Gasteiger partial charge in [0.25, 0.3) is 5.91 Å². The van der Waals surface area contributed by atoms with Gasteiger partial charge in [0.15, 0.2) is 9.84 Å². The highest BCUT2D eigenvalue weighted by atomic mass is 32.2. The average Bonchev–Trinajstić information content (AvgIpc) is 3.39. The predicted octanol–water partition coefficient (Wildman–Crippen LogP) is 4.60. The normalized spacial score (nSPS) is 25.1. The highest BCUT2D eigenvalue weighted by Crippen LogP contribution is 2.47. The number of hydrogen-bond donors (Lipinski definition) is 1. The number of alkyl halides is 3. The van der Waals surface area contributed by atoms with Crippen LogP contribution in [0.1, 0.15) is 50.1 Å². The zero-order valence-corrected chi connectivity index (χ0v) is 24.1. The minimum atomic E-state index is -4.83. The molecule has 2 atom stereocenters. The van der Waals surface area contributed by atoms with E-state index in [1.807, 2.05) is 12.1 Å². The van der Waals surface area contributed by atoms with Crippen LogP contribution in [0.5, 0.6) is 0 Å². The van der Waals surface area contributed by atoms with Crippen LogP contribution in [0.4, 0.5) is 30.5 Å². The van der Waals surface area contributed by atoms with Crippen molar-refractivity contribution >= 4 is 44.4 Å². The second-order valence-corrected chi connectivity index (χ2v) is 14.5. The zero-order chi connectivity index (χ0) is 32.1. The molecule has 1 aromatic carbocycles. The fourth-order valence-electron chi connectivity index (χ4n) is 6.03. The predicted molar refractivity (Wildman–Crippen MR) is 153 cm³/mol. The summed E-state index contributed by atoms with van der Waals surface area (Å²) in [6.45, 7) is -1.09. The molecule has 4 aliphatic rings. The molecule has 0 unspecified atom stereocenters. The van der Waals surface area contributed by atoms with E-state index in [2.05, 4.69) is 26.3 Å². The van der Waals surface area contributed by atoms with Crippen molar-refractivity contribution in [3.8, 4) is 10.6 Å². The summed E-state index contributed by atoms with van der Waals surface area (Å²) in [4.78, 5) is 25.6. The molecule has 7 rings (SSSR count). The van der Waals surface area contributed by atoms with Gasteiger partial charge in [0.05, 0.1) is 21.2 Å². The molecule has 1 saturated carbocycles. The lowest BCUT2D eigenvalue weighted by Crippen LogP contribution is -2.44. The largest absolute Gasteiger partial charge is 0.420 e. The summed E-state index contributed by atoms with van der Waals surface area (Å²) in [5.41, 5.74) is 0.915. The number of sulfone groups is 1. The molecule has 2 saturated heterocycles. The summed E-state index contributed by atoms with van der Waals surface area (Å²) in [5.74, 6) is -0.760. The summed E-state index contributed by atoms with van der Waals surface area (Å²) in [6, 6.07) is 6.93. The number of likely N-dealkylation sites (tertiary alicyclic amines) is 1. The molecule has 222 valence electrons. The molecule has 5 heterocycles. The minimum Gasteiger partial charge on any atom is -0.366 e. The number of thiophene rings is 1. The van der Waals surface area contributed by atoms with Gasteiger partial charge in [-0.2, -0.15) is 13.2 Å². The Bertz CT molecular complexity index is 1810. The number of likely N-dealkylation sites (N-methyl/N-ethyl adjacent to an activating group) is 1. The van der Waals surface area contributed by atoms with Crippen molar-refractivity contribution in [2.24, 2.45) is 0 Å². The first-order chi connectivity index (χ1) is 21.1. The number of anilines is 3. The number of carbonyl (C=O) groups excluding carboxylic acids is 1. The molecular weight excluding hydrogens is 589 g/mol. The first-order valence-electron chi connectivity index (χ1n) is 15.1. The number of halogens is 3. The van der Waals surface area contributed by atoms with Gasteiger partial charge in [0.1, 0.15) is 10.4 Å². The van der Waals surface area contributed by atoms with Crippen LogP contribution in [0.3, 0.4) is 0 Å². The standard InChI is InChI=1S/C28H29F3N6O3S2/c1-35-7-8-42(39,40)23-11-22(41-25(23)26(35)38)24-20(28(29,30)31)12-32-27(34-24)33-21-6-5-16(10-19(21)15-3-4-15)37-14-17-9-18(37)13-36(17)2/h5-6,10-12,15,17-18H,3-4,7-9,13-14H2,1-2H3,(H,32,33,34)/t17-,18-/m1/s1/i2D3. The average molecular weight is 622 g/mol. The van der Waals surface area contributed by atoms with Crippen LogP contribution >= 0.6 is 11.3 Å². The number of fused-ring (bicyclic) bond motifs is 3. The molecule has 3 aliphatic heterocycles. The third-order valence-corrected chi connectivity index (χ3v) is 11.4. The first-order valence-corrected chi connectivity index (χ1v) is 16.1. The maximum absolute atomic E-state index is 14.1. The highest BCUT2D eigenvalue weighted by molar-refractivity contribution is 7.91. The van der Waals surface area contributed by atoms with Crippen molar-refractivity contribution in [3.05, 3.63) is 46.5 Å². The van der Waals surface area contributed by atoms with Gasteiger partial charge in [-0.3, -0.25) is 9.69 Å². The molecule has 9 nitrogen and oxygen atoms in total. The SMILES string of the molecule is [2H]C([2H])([2H])N1C[C@H]2C[C@@H]1CN2c1ccc(Nc2ncc(C(F)(F)F)c(-c3cc4c(s3)C(=O)N(C)CCS4(=O)=O)n2)c(C2CC2)c1. The Kier molecular flexibility index (Phi) is 5.56. The number of carbonyl (C=O) groups is 1. The maximum Gasteiger partial charge on any atom is 0.420 e. The molecule has 0 radical (unpaired) electrons. The van der Waals surface area contributed by atoms with Crippen LogP contribution in [-0.2, 0) is 16.0 Å². The third-order valence-electron chi connectivity index (χ3n) is 8.47. The van der Waals surface area contributed by atoms with Gasteiger partial charge in [0, 0.05) is 60.4 Å². The van der Waals surface area contributed by atoms with Crippen molar-refractivity contribution in [1.82, 2.24) is 19.8 Å². The molecule has 2 aromatic heterocycles. The number of piperazine rings is 1. The zero-order valence-electron chi connectivity index (χ0n) is 25.5. The minimum absolute atomic E-state index is 0.0188. The molecule has 3 aromatic rings. The Morgan fingerprint density at radius 3 is 2.67 bits per heavy atom.